The first-order chi connectivity index (χ1) is 10.5. The molecule has 0 aromatic heterocycles. The molecule has 0 unspecified atom stereocenters. The van der Waals surface area contributed by atoms with Gasteiger partial charge in [-0.15, -0.1) is 0 Å². The fourth-order valence-electron chi connectivity index (χ4n) is 1.90. The van der Waals surface area contributed by atoms with E-state index in [1.165, 1.54) is 13.2 Å². The molecule has 0 aliphatic heterocycles. The molecule has 0 radical (unpaired) electrons. The smallest absolute Gasteiger partial charge is 0.328 e. The molecule has 0 saturated heterocycles. The minimum Gasteiger partial charge on any atom is -0.493 e. The zero-order valence-corrected chi connectivity index (χ0v) is 13.5. The molecule has 0 saturated carbocycles. The number of ether oxygens (including phenoxy) is 2. The molecule has 1 atom stereocenters. The number of para-hydroxylation sites is 1. The highest BCUT2D eigenvalue weighted by Crippen LogP contribution is 2.19. The van der Waals surface area contributed by atoms with Gasteiger partial charge >= 0.3 is 5.97 Å². The molecule has 0 bridgehead atoms. The first kappa shape index (κ1) is 17.8. The van der Waals surface area contributed by atoms with Gasteiger partial charge in [0.05, 0.1) is 13.7 Å². The van der Waals surface area contributed by atoms with E-state index >= 15 is 0 Å². The molecule has 0 fully saturated rings. The van der Waals surface area contributed by atoms with Crippen molar-refractivity contribution in [1.82, 2.24) is 5.32 Å². The molecule has 0 spiro atoms. The lowest BCUT2D eigenvalue weighted by Gasteiger charge is -2.18. The third-order valence-electron chi connectivity index (χ3n) is 3.05. The van der Waals surface area contributed by atoms with Gasteiger partial charge in [0.1, 0.15) is 11.8 Å². The van der Waals surface area contributed by atoms with E-state index < -0.39 is 12.0 Å². The molecule has 5 heteroatoms. The van der Waals surface area contributed by atoms with Crippen LogP contribution in [0.1, 0.15) is 26.3 Å². The summed E-state index contributed by atoms with van der Waals surface area (Å²) in [6.45, 7) is 6.14. The number of hydrogen-bond donors (Lipinski definition) is 1. The molecule has 0 aliphatic carbocycles. The monoisotopic (exact) mass is 305 g/mol. The minimum atomic E-state index is -0.663. The van der Waals surface area contributed by atoms with Crippen LogP contribution < -0.4 is 10.1 Å². The Labute approximate surface area is 131 Å². The molecular formula is C17H23NO4. The van der Waals surface area contributed by atoms with Crippen molar-refractivity contribution in [2.75, 3.05) is 13.7 Å². The van der Waals surface area contributed by atoms with Crippen LogP contribution in [0.25, 0.3) is 6.08 Å². The van der Waals surface area contributed by atoms with Gasteiger partial charge in [-0.05, 0) is 25.0 Å². The van der Waals surface area contributed by atoms with E-state index in [4.69, 9.17) is 9.47 Å². The fraction of sp³-hybridized carbons (Fsp3) is 0.412. The van der Waals surface area contributed by atoms with E-state index in [0.717, 1.165) is 5.56 Å². The Bertz CT molecular complexity index is 537. The molecular weight excluding hydrogens is 282 g/mol. The van der Waals surface area contributed by atoms with E-state index in [0.29, 0.717) is 12.4 Å². The molecule has 5 nitrogen and oxygen atoms in total. The zero-order valence-electron chi connectivity index (χ0n) is 13.5. The van der Waals surface area contributed by atoms with Gasteiger partial charge in [0.15, 0.2) is 0 Å². The SMILES string of the molecule is CCOc1ccccc1/C=C/C(=O)N[C@@H](C(=O)OC)C(C)C. The Kier molecular flexibility index (Phi) is 7.16. The van der Waals surface area contributed by atoms with Gasteiger partial charge in [-0.1, -0.05) is 32.0 Å². The number of methoxy groups -OCH3 is 1. The number of carbonyl (C=O) groups excluding carboxylic acids is 2. The van der Waals surface area contributed by atoms with Gasteiger partial charge in [-0.2, -0.15) is 0 Å². The predicted molar refractivity (Wildman–Crippen MR) is 85.4 cm³/mol. The van der Waals surface area contributed by atoms with Crippen molar-refractivity contribution in [1.29, 1.82) is 0 Å². The van der Waals surface area contributed by atoms with E-state index in [1.54, 1.807) is 6.08 Å². The van der Waals surface area contributed by atoms with Crippen LogP contribution in [0.5, 0.6) is 5.75 Å². The van der Waals surface area contributed by atoms with Crippen LogP contribution in [-0.4, -0.2) is 31.6 Å². The summed E-state index contributed by atoms with van der Waals surface area (Å²) in [5.74, 6) is -0.148. The lowest BCUT2D eigenvalue weighted by molar-refractivity contribution is -0.145. The maximum absolute atomic E-state index is 12.0. The van der Waals surface area contributed by atoms with Crippen LogP contribution in [0.4, 0.5) is 0 Å². The quantitative estimate of drug-likeness (QED) is 0.620. The van der Waals surface area contributed by atoms with E-state index in [1.807, 2.05) is 45.0 Å². The number of carbonyl (C=O) groups is 2. The van der Waals surface area contributed by atoms with Gasteiger partial charge in [0.25, 0.3) is 0 Å². The summed E-state index contributed by atoms with van der Waals surface area (Å²) in [7, 11) is 1.30. The number of benzene rings is 1. The zero-order chi connectivity index (χ0) is 16.5. The number of esters is 1. The van der Waals surface area contributed by atoms with Crippen LogP contribution in [0.3, 0.4) is 0 Å². The second-order valence-corrected chi connectivity index (χ2v) is 5.06. The number of nitrogens with one attached hydrogen (secondary N) is 1. The Morgan fingerprint density at radius 3 is 2.55 bits per heavy atom. The summed E-state index contributed by atoms with van der Waals surface area (Å²) in [5, 5.41) is 2.65. The maximum atomic E-state index is 12.0. The van der Waals surface area contributed by atoms with Crippen molar-refractivity contribution in [3.63, 3.8) is 0 Å². The van der Waals surface area contributed by atoms with Crippen LogP contribution >= 0.6 is 0 Å². The lowest BCUT2D eigenvalue weighted by atomic mass is 10.0. The first-order valence-corrected chi connectivity index (χ1v) is 7.27. The molecule has 0 heterocycles. The third-order valence-corrected chi connectivity index (χ3v) is 3.05. The van der Waals surface area contributed by atoms with E-state index in [2.05, 4.69) is 5.32 Å². The van der Waals surface area contributed by atoms with Crippen molar-refractivity contribution >= 4 is 18.0 Å². The van der Waals surface area contributed by atoms with Crippen LogP contribution in [0.15, 0.2) is 30.3 Å². The summed E-state index contributed by atoms with van der Waals surface area (Å²) < 4.78 is 10.2. The van der Waals surface area contributed by atoms with Crippen LogP contribution in [-0.2, 0) is 14.3 Å². The Morgan fingerprint density at radius 1 is 1.27 bits per heavy atom. The van der Waals surface area contributed by atoms with E-state index in [-0.39, 0.29) is 11.8 Å². The Balaban J connectivity index is 2.77. The second kappa shape index (κ2) is 8.87. The highest BCUT2D eigenvalue weighted by molar-refractivity contribution is 5.94. The first-order valence-electron chi connectivity index (χ1n) is 7.27. The third kappa shape index (κ3) is 5.24. The summed E-state index contributed by atoms with van der Waals surface area (Å²) in [6, 6.07) is 6.77. The predicted octanol–water partition coefficient (Wildman–Crippen LogP) is 2.41. The molecule has 1 aromatic carbocycles. The van der Waals surface area contributed by atoms with Gasteiger partial charge in [-0.3, -0.25) is 4.79 Å². The number of amides is 1. The molecule has 1 amide bonds. The normalized spacial score (nSPS) is 12.2. The summed E-state index contributed by atoms with van der Waals surface area (Å²) in [5.41, 5.74) is 0.804. The average Bonchev–Trinajstić information content (AvgIpc) is 2.51. The minimum absolute atomic E-state index is 0.0551. The highest BCUT2D eigenvalue weighted by Gasteiger charge is 2.23. The largest absolute Gasteiger partial charge is 0.493 e. The number of hydrogen-bond acceptors (Lipinski definition) is 4. The van der Waals surface area contributed by atoms with Gasteiger partial charge in [0.2, 0.25) is 5.91 Å². The highest BCUT2D eigenvalue weighted by atomic mass is 16.5. The number of rotatable bonds is 7. The lowest BCUT2D eigenvalue weighted by Crippen LogP contribution is -2.44. The topological polar surface area (TPSA) is 64.6 Å². The molecule has 1 aromatic rings. The molecule has 120 valence electrons. The van der Waals surface area contributed by atoms with E-state index in [9.17, 15) is 9.59 Å². The van der Waals surface area contributed by atoms with Crippen molar-refractivity contribution in [2.24, 2.45) is 5.92 Å². The van der Waals surface area contributed by atoms with Crippen molar-refractivity contribution in [3.05, 3.63) is 35.9 Å². The van der Waals surface area contributed by atoms with Crippen LogP contribution in [0.2, 0.25) is 0 Å². The van der Waals surface area contributed by atoms with Crippen molar-refractivity contribution in [2.45, 2.75) is 26.8 Å². The second-order valence-electron chi connectivity index (χ2n) is 5.06. The van der Waals surface area contributed by atoms with Crippen molar-refractivity contribution in [3.8, 4) is 5.75 Å². The van der Waals surface area contributed by atoms with Crippen molar-refractivity contribution < 1.29 is 19.1 Å². The summed E-state index contributed by atoms with van der Waals surface area (Å²) in [6.07, 6.45) is 3.05. The standard InChI is InChI=1S/C17H23NO4/c1-5-22-14-9-7-6-8-13(14)10-11-15(19)18-16(12(2)3)17(20)21-4/h6-12,16H,5H2,1-4H3,(H,18,19)/b11-10+/t16-/m1/s1. The molecule has 22 heavy (non-hydrogen) atoms. The average molecular weight is 305 g/mol. The van der Waals surface area contributed by atoms with Gasteiger partial charge < -0.3 is 14.8 Å². The maximum Gasteiger partial charge on any atom is 0.328 e. The van der Waals surface area contributed by atoms with Crippen LogP contribution in [0, 0.1) is 5.92 Å². The Morgan fingerprint density at radius 2 is 1.95 bits per heavy atom. The molecule has 1 N–H and O–H groups in total. The summed E-state index contributed by atoms with van der Waals surface area (Å²) in [4.78, 5) is 23.6. The molecule has 0 aliphatic rings. The molecule has 1 rings (SSSR count). The van der Waals surface area contributed by atoms with Gasteiger partial charge in [-0.25, -0.2) is 4.79 Å². The summed E-state index contributed by atoms with van der Waals surface area (Å²) >= 11 is 0. The van der Waals surface area contributed by atoms with Gasteiger partial charge in [0, 0.05) is 11.6 Å². The fourth-order valence-corrected chi connectivity index (χ4v) is 1.90. The Hall–Kier alpha value is -2.30.